The first-order valence-corrected chi connectivity index (χ1v) is 12.6. The van der Waals surface area contributed by atoms with Gasteiger partial charge in [0.2, 0.25) is 5.91 Å². The van der Waals surface area contributed by atoms with E-state index in [9.17, 15) is 19.5 Å². The predicted octanol–water partition coefficient (Wildman–Crippen LogP) is 4.74. The molecule has 2 aromatic carbocycles. The zero-order valence-electron chi connectivity index (χ0n) is 19.8. The van der Waals surface area contributed by atoms with Gasteiger partial charge < -0.3 is 20.5 Å². The van der Waals surface area contributed by atoms with Crippen molar-refractivity contribution in [2.75, 3.05) is 6.61 Å². The highest BCUT2D eigenvalue weighted by Gasteiger charge is 2.49. The van der Waals surface area contributed by atoms with Crippen molar-refractivity contribution < 1.29 is 24.2 Å². The summed E-state index contributed by atoms with van der Waals surface area (Å²) in [4.78, 5) is 37.7. The zero-order chi connectivity index (χ0) is 24.5. The van der Waals surface area contributed by atoms with Crippen LogP contribution < -0.4 is 10.6 Å². The molecule has 2 fully saturated rings. The lowest BCUT2D eigenvalue weighted by molar-refractivity contribution is -0.141. The maximum Gasteiger partial charge on any atom is 0.408 e. The number of aliphatic carboxylic acids is 1. The lowest BCUT2D eigenvalue weighted by Crippen LogP contribution is -2.66. The van der Waals surface area contributed by atoms with Crippen molar-refractivity contribution in [2.45, 2.75) is 74.8 Å². The number of carbonyl (C=O) groups excluding carboxylic acids is 2. The Morgan fingerprint density at radius 2 is 1.43 bits per heavy atom. The molecule has 0 saturated heterocycles. The minimum atomic E-state index is -1.04. The molecule has 184 valence electrons. The average molecular weight is 477 g/mol. The molecule has 7 heteroatoms. The molecule has 3 aliphatic carbocycles. The van der Waals surface area contributed by atoms with Crippen LogP contribution in [0.25, 0.3) is 11.1 Å². The van der Waals surface area contributed by atoms with Gasteiger partial charge in [0.15, 0.2) is 0 Å². The Bertz CT molecular complexity index is 1090. The molecule has 5 rings (SSSR count). The number of benzene rings is 2. The number of ether oxygens (including phenoxy) is 1. The molecular weight excluding hydrogens is 444 g/mol. The van der Waals surface area contributed by atoms with E-state index in [4.69, 9.17) is 4.74 Å². The van der Waals surface area contributed by atoms with E-state index in [1.807, 2.05) is 24.3 Å². The van der Waals surface area contributed by atoms with Gasteiger partial charge in [-0.1, -0.05) is 67.8 Å². The van der Waals surface area contributed by atoms with Gasteiger partial charge >= 0.3 is 12.1 Å². The molecule has 3 N–H and O–H groups in total. The molecule has 2 saturated carbocycles. The summed E-state index contributed by atoms with van der Waals surface area (Å²) in [7, 11) is 0. The second-order valence-electron chi connectivity index (χ2n) is 10.3. The molecule has 0 spiro atoms. The highest BCUT2D eigenvalue weighted by atomic mass is 16.5. The van der Waals surface area contributed by atoms with Crippen LogP contribution in [0.5, 0.6) is 0 Å². The van der Waals surface area contributed by atoms with Gasteiger partial charge in [-0.15, -0.1) is 0 Å². The van der Waals surface area contributed by atoms with Gasteiger partial charge in [-0.3, -0.25) is 9.59 Å². The van der Waals surface area contributed by atoms with E-state index in [0.29, 0.717) is 25.7 Å². The van der Waals surface area contributed by atoms with Crippen molar-refractivity contribution in [1.82, 2.24) is 10.6 Å². The molecule has 0 radical (unpaired) electrons. The van der Waals surface area contributed by atoms with Gasteiger partial charge in [-0.2, -0.15) is 0 Å². The van der Waals surface area contributed by atoms with Gasteiger partial charge in [-0.05, 0) is 54.4 Å². The maximum atomic E-state index is 13.4. The SMILES string of the molecule is O=C(O)CC1(NC(=O)C2(NC(=O)OCC3c4ccccc4-c4ccccc43)CCC2)CCCCC1. The number of alkyl carbamates (subject to hydrolysis) is 1. The Kier molecular flexibility index (Phi) is 6.26. The number of hydrogen-bond acceptors (Lipinski definition) is 4. The van der Waals surface area contributed by atoms with E-state index in [0.717, 1.165) is 47.9 Å². The summed E-state index contributed by atoms with van der Waals surface area (Å²) in [6, 6.07) is 16.3. The van der Waals surface area contributed by atoms with Crippen LogP contribution >= 0.6 is 0 Å². The molecule has 0 aliphatic heterocycles. The van der Waals surface area contributed by atoms with Gasteiger partial charge in [0.25, 0.3) is 0 Å². The largest absolute Gasteiger partial charge is 0.481 e. The lowest BCUT2D eigenvalue weighted by Gasteiger charge is -2.45. The first-order valence-electron chi connectivity index (χ1n) is 12.6. The fourth-order valence-corrected chi connectivity index (χ4v) is 5.99. The Morgan fingerprint density at radius 3 is 1.97 bits per heavy atom. The summed E-state index contributed by atoms with van der Waals surface area (Å²) in [5.74, 6) is -1.26. The summed E-state index contributed by atoms with van der Waals surface area (Å²) < 4.78 is 5.68. The van der Waals surface area contributed by atoms with Gasteiger partial charge in [0, 0.05) is 5.92 Å². The Hall–Kier alpha value is -3.35. The van der Waals surface area contributed by atoms with Gasteiger partial charge in [0.05, 0.1) is 12.0 Å². The molecular formula is C28H32N2O5. The van der Waals surface area contributed by atoms with Crippen LogP contribution in [0.15, 0.2) is 48.5 Å². The quantitative estimate of drug-likeness (QED) is 0.535. The third kappa shape index (κ3) is 4.51. The fourth-order valence-electron chi connectivity index (χ4n) is 5.99. The molecule has 35 heavy (non-hydrogen) atoms. The molecule has 0 heterocycles. The summed E-state index contributed by atoms with van der Waals surface area (Å²) in [5.41, 5.74) is 2.79. The number of nitrogens with one attached hydrogen (secondary N) is 2. The minimum absolute atomic E-state index is 0.0552. The number of amides is 2. The second-order valence-corrected chi connectivity index (χ2v) is 10.3. The van der Waals surface area contributed by atoms with E-state index in [1.165, 1.54) is 0 Å². The van der Waals surface area contributed by atoms with Crippen LogP contribution in [0.3, 0.4) is 0 Å². The lowest BCUT2D eigenvalue weighted by atomic mass is 9.73. The first kappa shape index (κ1) is 23.4. The van der Waals surface area contributed by atoms with Crippen molar-refractivity contribution in [3.8, 4) is 11.1 Å². The van der Waals surface area contributed by atoms with Crippen molar-refractivity contribution in [1.29, 1.82) is 0 Å². The predicted molar refractivity (Wildman–Crippen MR) is 131 cm³/mol. The number of carbonyl (C=O) groups is 3. The zero-order valence-corrected chi connectivity index (χ0v) is 19.8. The molecule has 3 aliphatic rings. The van der Waals surface area contributed by atoms with Gasteiger partial charge in [-0.25, -0.2) is 4.79 Å². The summed E-state index contributed by atoms with van der Waals surface area (Å²) in [5, 5.41) is 15.3. The number of rotatable bonds is 7. The Labute approximate surface area is 205 Å². The number of hydrogen-bond donors (Lipinski definition) is 3. The molecule has 0 bridgehead atoms. The highest BCUT2D eigenvalue weighted by Crippen LogP contribution is 2.44. The smallest absolute Gasteiger partial charge is 0.408 e. The van der Waals surface area contributed by atoms with Crippen LogP contribution in [0.2, 0.25) is 0 Å². The van der Waals surface area contributed by atoms with E-state index in [1.54, 1.807) is 0 Å². The minimum Gasteiger partial charge on any atom is -0.481 e. The molecule has 0 unspecified atom stereocenters. The summed E-state index contributed by atoms with van der Waals surface area (Å²) in [6.45, 7) is 0.181. The third-order valence-corrected chi connectivity index (χ3v) is 8.01. The van der Waals surface area contributed by atoms with Crippen LogP contribution in [0, 0.1) is 0 Å². The van der Waals surface area contributed by atoms with Crippen molar-refractivity contribution in [2.24, 2.45) is 0 Å². The topological polar surface area (TPSA) is 105 Å². The average Bonchev–Trinajstić information content (AvgIpc) is 3.14. The Balaban J connectivity index is 1.25. The summed E-state index contributed by atoms with van der Waals surface area (Å²) >= 11 is 0. The molecule has 0 atom stereocenters. The monoisotopic (exact) mass is 476 g/mol. The van der Waals surface area contributed by atoms with Crippen LogP contribution in [-0.4, -0.2) is 40.8 Å². The molecule has 2 amide bonds. The van der Waals surface area contributed by atoms with Crippen molar-refractivity contribution in [3.63, 3.8) is 0 Å². The van der Waals surface area contributed by atoms with Crippen molar-refractivity contribution >= 4 is 18.0 Å². The van der Waals surface area contributed by atoms with Crippen LogP contribution in [-0.2, 0) is 14.3 Å². The second kappa shape index (κ2) is 9.36. The summed E-state index contributed by atoms with van der Waals surface area (Å²) in [6.07, 6.45) is 5.26. The standard InChI is InChI=1S/C28H32N2O5/c31-24(32)17-27(13-6-1-7-14-27)29-25(33)28(15-8-16-28)30-26(34)35-18-23-21-11-4-2-9-19(21)20-10-3-5-12-22(20)23/h2-5,9-12,23H,1,6-8,13-18H2,(H,29,33)(H,30,34)(H,31,32). The van der Waals surface area contributed by atoms with E-state index in [2.05, 4.69) is 34.9 Å². The fraction of sp³-hybridized carbons (Fsp3) is 0.464. The number of carboxylic acid groups (broad SMARTS) is 1. The van der Waals surface area contributed by atoms with E-state index < -0.39 is 23.1 Å². The normalized spacial score (nSPS) is 19.5. The van der Waals surface area contributed by atoms with Crippen LogP contribution in [0.1, 0.15) is 74.8 Å². The molecule has 7 nitrogen and oxygen atoms in total. The highest BCUT2D eigenvalue weighted by molar-refractivity contribution is 5.92. The molecule has 2 aromatic rings. The molecule has 0 aromatic heterocycles. The Morgan fingerprint density at radius 1 is 0.829 bits per heavy atom. The van der Waals surface area contributed by atoms with Gasteiger partial charge in [0.1, 0.15) is 12.1 Å². The maximum absolute atomic E-state index is 13.4. The van der Waals surface area contributed by atoms with Crippen molar-refractivity contribution in [3.05, 3.63) is 59.7 Å². The number of fused-ring (bicyclic) bond motifs is 3. The van der Waals surface area contributed by atoms with Crippen LogP contribution in [0.4, 0.5) is 4.79 Å². The van der Waals surface area contributed by atoms with E-state index >= 15 is 0 Å². The third-order valence-electron chi connectivity index (χ3n) is 8.01. The first-order chi connectivity index (χ1) is 16.9. The van der Waals surface area contributed by atoms with E-state index in [-0.39, 0.29) is 24.9 Å². The number of carboxylic acids is 1.